The number of Topliss-reactive ketones (excluding diaryl/α,β-unsaturated/α-hetero) is 1. The summed E-state index contributed by atoms with van der Waals surface area (Å²) in [5, 5.41) is 5.06. The highest BCUT2D eigenvalue weighted by Crippen LogP contribution is 2.34. The number of nitrogens with zero attached hydrogens (tertiary/aromatic N) is 1. The van der Waals surface area contributed by atoms with E-state index in [-0.39, 0.29) is 19.0 Å². The Kier molecular flexibility index (Phi) is 22.4. The van der Waals surface area contributed by atoms with Gasteiger partial charge in [-0.1, -0.05) is 118 Å². The average Bonchev–Trinajstić information content (AvgIpc) is 3.78. The molecule has 1 aliphatic carbocycles. The smallest absolute Gasteiger partial charge is 0.326 e. The summed E-state index contributed by atoms with van der Waals surface area (Å²) in [6, 6.07) is 6.42. The van der Waals surface area contributed by atoms with Gasteiger partial charge in [0.1, 0.15) is 29.8 Å². The van der Waals surface area contributed by atoms with Crippen molar-refractivity contribution in [2.24, 2.45) is 28.4 Å². The minimum atomic E-state index is -0.943. The summed E-state index contributed by atoms with van der Waals surface area (Å²) in [4.78, 5) is 71.6. The van der Waals surface area contributed by atoms with Gasteiger partial charge in [0.2, 0.25) is 11.7 Å². The third-order valence-electron chi connectivity index (χ3n) is 7.51. The number of ether oxygens (including phenoxy) is 1. The SMILES string of the molecule is CC.CC(C)(C)C.C[C@H](OC(=O)CNC(=O)NC(C(=O)N1C[C@H](C(Cl)Cl)CC1C=O)C(C)(C)C)c1ccccc1.NC(=O)C(=O)C(CC1CC1)NS. The highest BCUT2D eigenvalue weighted by Gasteiger charge is 2.43. The summed E-state index contributed by atoms with van der Waals surface area (Å²) in [5.74, 6) is -2.15. The lowest BCUT2D eigenvalue weighted by atomic mass is 9.85. The normalized spacial score (nSPS) is 18.4. The Morgan fingerprint density at radius 1 is 1.02 bits per heavy atom. The Morgan fingerprint density at radius 2 is 1.56 bits per heavy atom. The second-order valence-corrected chi connectivity index (χ2v) is 16.7. The number of halogens is 2. The molecular formula is C37H61Cl2N5O7S. The molecule has 0 bridgehead atoms. The molecule has 1 aromatic rings. The van der Waals surface area contributed by atoms with Gasteiger partial charge in [0.05, 0.1) is 12.1 Å². The second kappa shape index (κ2) is 23.7. The fourth-order valence-corrected chi connectivity index (χ4v) is 5.31. The van der Waals surface area contributed by atoms with E-state index >= 15 is 0 Å². The highest BCUT2D eigenvalue weighted by atomic mass is 35.5. The van der Waals surface area contributed by atoms with E-state index in [1.54, 1.807) is 27.7 Å². The third-order valence-corrected chi connectivity index (χ3v) is 8.54. The van der Waals surface area contributed by atoms with Crippen LogP contribution < -0.4 is 21.1 Å². The molecule has 0 radical (unpaired) electrons. The average molecular weight is 791 g/mol. The van der Waals surface area contributed by atoms with Crippen molar-refractivity contribution in [2.45, 2.75) is 124 Å². The van der Waals surface area contributed by atoms with E-state index in [0.717, 1.165) is 18.4 Å². The topological polar surface area (TPSA) is 177 Å². The van der Waals surface area contributed by atoms with Gasteiger partial charge in [-0.2, -0.15) is 0 Å². The highest BCUT2D eigenvalue weighted by molar-refractivity contribution is 7.78. The zero-order valence-electron chi connectivity index (χ0n) is 32.3. The number of alkyl halides is 2. The number of nitrogens with two attached hydrogens (primary N) is 1. The van der Waals surface area contributed by atoms with Crippen molar-refractivity contribution in [1.29, 1.82) is 0 Å². The number of ketones is 1. The molecule has 15 heteroatoms. The molecular weight excluding hydrogens is 729 g/mol. The zero-order valence-corrected chi connectivity index (χ0v) is 34.7. The molecule has 3 rings (SSSR count). The number of primary amides is 1. The van der Waals surface area contributed by atoms with Crippen LogP contribution in [-0.4, -0.2) is 76.8 Å². The van der Waals surface area contributed by atoms with E-state index in [9.17, 15) is 28.8 Å². The molecule has 1 heterocycles. The lowest BCUT2D eigenvalue weighted by molar-refractivity contribution is -0.147. The monoisotopic (exact) mass is 789 g/mol. The Balaban J connectivity index is 0.00000112. The quantitative estimate of drug-likeness (QED) is 0.0536. The molecule has 0 spiro atoms. The first-order chi connectivity index (χ1) is 24.1. The molecule has 5 N–H and O–H groups in total. The number of hydrogen-bond acceptors (Lipinski definition) is 9. The van der Waals surface area contributed by atoms with E-state index in [4.69, 9.17) is 33.7 Å². The summed E-state index contributed by atoms with van der Waals surface area (Å²) >= 11 is 15.7. The van der Waals surface area contributed by atoms with Crippen molar-refractivity contribution < 1.29 is 33.5 Å². The lowest BCUT2D eigenvalue weighted by Crippen LogP contribution is -2.58. The van der Waals surface area contributed by atoms with Gasteiger partial charge in [-0.3, -0.25) is 23.9 Å². The Bertz CT molecular complexity index is 1280. The number of amides is 4. The maximum atomic E-state index is 13.3. The number of rotatable bonds is 13. The zero-order chi connectivity index (χ0) is 40.4. The first kappa shape index (κ1) is 49.1. The number of likely N-dealkylation sites (tertiary alicyclic amines) is 1. The van der Waals surface area contributed by atoms with Gasteiger partial charge in [-0.15, -0.1) is 23.2 Å². The molecule has 5 atom stereocenters. The number of thiol groups is 1. The van der Waals surface area contributed by atoms with Crippen LogP contribution in [0.3, 0.4) is 0 Å². The van der Waals surface area contributed by atoms with Gasteiger partial charge >= 0.3 is 12.0 Å². The van der Waals surface area contributed by atoms with Crippen LogP contribution in [0.4, 0.5) is 4.79 Å². The molecule has 1 saturated carbocycles. The van der Waals surface area contributed by atoms with Gasteiger partial charge in [0.25, 0.3) is 5.91 Å². The van der Waals surface area contributed by atoms with Crippen LogP contribution in [0.25, 0.3) is 0 Å². The van der Waals surface area contributed by atoms with Gasteiger partial charge in [0, 0.05) is 12.5 Å². The van der Waals surface area contributed by atoms with Gasteiger partial charge < -0.3 is 30.8 Å². The first-order valence-corrected chi connectivity index (χ1v) is 19.0. The van der Waals surface area contributed by atoms with Crippen LogP contribution in [0.5, 0.6) is 0 Å². The van der Waals surface area contributed by atoms with Crippen LogP contribution in [0.15, 0.2) is 30.3 Å². The predicted molar refractivity (Wildman–Crippen MR) is 210 cm³/mol. The molecule has 1 aliphatic heterocycles. The molecule has 4 amide bonds. The van der Waals surface area contributed by atoms with E-state index in [0.29, 0.717) is 30.5 Å². The van der Waals surface area contributed by atoms with E-state index in [2.05, 4.69) is 55.9 Å². The summed E-state index contributed by atoms with van der Waals surface area (Å²) < 4.78 is 7.83. The van der Waals surface area contributed by atoms with E-state index < -0.39 is 64.1 Å². The minimum absolute atomic E-state index is 0.222. The summed E-state index contributed by atoms with van der Waals surface area (Å²) in [6.07, 6.45) is 3.53. The largest absolute Gasteiger partial charge is 0.456 e. The van der Waals surface area contributed by atoms with Gasteiger partial charge in [-0.05, 0) is 42.1 Å². The Labute approximate surface area is 325 Å². The number of carbonyl (C=O) groups is 6. The first-order valence-electron chi connectivity index (χ1n) is 17.6. The predicted octanol–water partition coefficient (Wildman–Crippen LogP) is 5.95. The van der Waals surface area contributed by atoms with Crippen molar-refractivity contribution in [1.82, 2.24) is 20.3 Å². The molecule has 3 unspecified atom stereocenters. The maximum absolute atomic E-state index is 13.3. The van der Waals surface area contributed by atoms with Crippen molar-refractivity contribution in [2.75, 3.05) is 13.1 Å². The fourth-order valence-electron chi connectivity index (χ4n) is 4.72. The van der Waals surface area contributed by atoms with Crippen LogP contribution in [0.2, 0.25) is 0 Å². The van der Waals surface area contributed by atoms with Crippen molar-refractivity contribution >= 4 is 71.9 Å². The van der Waals surface area contributed by atoms with E-state index in [1.807, 2.05) is 44.2 Å². The Morgan fingerprint density at radius 3 is 1.98 bits per heavy atom. The van der Waals surface area contributed by atoms with Gasteiger partial charge in [0.15, 0.2) is 0 Å². The Hall–Kier alpha value is -2.87. The van der Waals surface area contributed by atoms with E-state index in [1.165, 1.54) is 4.90 Å². The van der Waals surface area contributed by atoms with Crippen LogP contribution in [-0.2, 0) is 28.7 Å². The number of hydrogen-bond donors (Lipinski definition) is 5. The summed E-state index contributed by atoms with van der Waals surface area (Å²) in [5.41, 5.74) is 5.51. The maximum Gasteiger partial charge on any atom is 0.326 e. The fraction of sp³-hybridized carbons (Fsp3) is 0.676. The van der Waals surface area contributed by atoms with Crippen molar-refractivity contribution in [3.63, 3.8) is 0 Å². The van der Waals surface area contributed by atoms with Crippen molar-refractivity contribution in [3.8, 4) is 0 Å². The second-order valence-electron chi connectivity index (χ2n) is 15.3. The molecule has 296 valence electrons. The van der Waals surface area contributed by atoms with Crippen LogP contribution in [0, 0.1) is 22.7 Å². The minimum Gasteiger partial charge on any atom is -0.456 e. The van der Waals surface area contributed by atoms with Gasteiger partial charge in [-0.25, -0.2) is 4.79 Å². The number of esters is 1. The molecule has 2 aliphatic rings. The summed E-state index contributed by atoms with van der Waals surface area (Å²) in [7, 11) is 0. The summed E-state index contributed by atoms with van der Waals surface area (Å²) in [6.45, 7) is 19.7. The molecule has 52 heavy (non-hydrogen) atoms. The number of nitrogens with one attached hydrogen (secondary N) is 3. The van der Waals surface area contributed by atoms with Crippen molar-refractivity contribution in [3.05, 3.63) is 35.9 Å². The molecule has 0 aromatic heterocycles. The standard InChI is InChI=1S/C23H31Cl2N3O5.C7H12N2O2S.C5H12.C2H6/c1-14(15-8-6-5-7-9-15)33-18(30)11-26-22(32)27-19(23(2,3)4)21(31)28-12-16(20(24)25)10-17(28)13-29;8-7(11)6(10)5(9-12)3-4-1-2-4;1-5(2,3)4;1-2/h5-9,13-14,16-17,19-20H,10-12H2,1-4H3,(H2,26,27,32);4-5,9,12H,1-3H2,(H2,8,11);1-4H3;1-2H3/t14-,16+,17?,19?;;;/m0.../s1. The molecule has 2 fully saturated rings. The van der Waals surface area contributed by atoms with Crippen LogP contribution >= 0.6 is 36.0 Å². The van der Waals surface area contributed by atoms with Crippen LogP contribution in [0.1, 0.15) is 107 Å². The third kappa shape index (κ3) is 19.8. The number of benzene rings is 1. The number of carbonyl (C=O) groups excluding carboxylic acids is 6. The molecule has 1 saturated heterocycles. The number of urea groups is 1. The number of aldehydes is 1. The lowest BCUT2D eigenvalue weighted by Gasteiger charge is -2.34. The molecule has 12 nitrogen and oxygen atoms in total. The molecule has 1 aromatic carbocycles.